The Bertz CT molecular complexity index is 403. The highest BCUT2D eigenvalue weighted by Crippen LogP contribution is 2.12. The molecule has 1 aromatic carbocycles. The number of rotatable bonds is 7. The van der Waals surface area contributed by atoms with E-state index in [4.69, 9.17) is 5.11 Å². The van der Waals surface area contributed by atoms with Crippen LogP contribution in [0.4, 0.5) is 5.69 Å². The van der Waals surface area contributed by atoms with E-state index in [1.54, 1.807) is 12.1 Å². The van der Waals surface area contributed by atoms with Gasteiger partial charge in [-0.05, 0) is 18.4 Å². The molecule has 1 amide bonds. The first kappa shape index (κ1) is 14.1. The summed E-state index contributed by atoms with van der Waals surface area (Å²) in [6.07, 6.45) is 1.61. The minimum absolute atomic E-state index is 0.0158. The Morgan fingerprint density at radius 3 is 2.50 bits per heavy atom. The molecule has 6 nitrogen and oxygen atoms in total. The fourth-order valence-electron chi connectivity index (χ4n) is 1.45. The van der Waals surface area contributed by atoms with Gasteiger partial charge in [-0.3, -0.25) is 14.9 Å². The molecule has 0 aliphatic heterocycles. The molecule has 1 aromatic rings. The monoisotopic (exact) mass is 252 g/mol. The number of nitro benzene ring substituents is 1. The highest BCUT2D eigenvalue weighted by Gasteiger charge is 2.06. The van der Waals surface area contributed by atoms with Gasteiger partial charge in [0.25, 0.3) is 5.69 Å². The maximum absolute atomic E-state index is 11.5. The Morgan fingerprint density at radius 2 is 1.94 bits per heavy atom. The molecule has 1 rings (SSSR count). The van der Waals surface area contributed by atoms with E-state index in [0.29, 0.717) is 13.0 Å². The van der Waals surface area contributed by atoms with Crippen LogP contribution in [-0.2, 0) is 11.2 Å². The highest BCUT2D eigenvalue weighted by molar-refractivity contribution is 5.78. The molecule has 0 atom stereocenters. The first-order valence-corrected chi connectivity index (χ1v) is 5.74. The van der Waals surface area contributed by atoms with Crippen LogP contribution in [0.1, 0.15) is 18.4 Å². The number of aliphatic hydroxyl groups is 1. The molecule has 6 heteroatoms. The second-order valence-corrected chi connectivity index (χ2v) is 3.88. The van der Waals surface area contributed by atoms with Crippen LogP contribution in [0.3, 0.4) is 0 Å². The molecule has 0 radical (unpaired) electrons. The molecule has 0 aliphatic carbocycles. The summed E-state index contributed by atoms with van der Waals surface area (Å²) < 4.78 is 0. The number of hydrogen-bond acceptors (Lipinski definition) is 4. The van der Waals surface area contributed by atoms with Gasteiger partial charge in [0.05, 0.1) is 11.3 Å². The molecular weight excluding hydrogens is 236 g/mol. The van der Waals surface area contributed by atoms with Crippen LogP contribution >= 0.6 is 0 Å². The summed E-state index contributed by atoms with van der Waals surface area (Å²) in [5.74, 6) is -0.123. The Kier molecular flexibility index (Phi) is 5.79. The lowest BCUT2D eigenvalue weighted by Gasteiger charge is -2.04. The summed E-state index contributed by atoms with van der Waals surface area (Å²) in [6, 6.07) is 5.92. The van der Waals surface area contributed by atoms with Gasteiger partial charge in [0.15, 0.2) is 0 Å². The third-order valence-electron chi connectivity index (χ3n) is 2.42. The van der Waals surface area contributed by atoms with E-state index in [1.807, 2.05) is 0 Å². The normalized spacial score (nSPS) is 10.1. The fourth-order valence-corrected chi connectivity index (χ4v) is 1.45. The zero-order valence-electron chi connectivity index (χ0n) is 9.96. The van der Waals surface area contributed by atoms with Crippen molar-refractivity contribution < 1.29 is 14.8 Å². The second kappa shape index (κ2) is 7.39. The van der Waals surface area contributed by atoms with E-state index in [9.17, 15) is 14.9 Å². The van der Waals surface area contributed by atoms with Crippen molar-refractivity contribution in [2.45, 2.75) is 19.3 Å². The number of nitrogens with zero attached hydrogens (tertiary/aromatic N) is 1. The first-order valence-electron chi connectivity index (χ1n) is 5.74. The van der Waals surface area contributed by atoms with Gasteiger partial charge in [-0.15, -0.1) is 0 Å². The Morgan fingerprint density at radius 1 is 1.28 bits per heavy atom. The van der Waals surface area contributed by atoms with Crippen molar-refractivity contribution in [1.29, 1.82) is 0 Å². The maximum Gasteiger partial charge on any atom is 0.269 e. The quantitative estimate of drug-likeness (QED) is 0.430. The van der Waals surface area contributed by atoms with Gasteiger partial charge < -0.3 is 10.4 Å². The topological polar surface area (TPSA) is 92.5 Å². The maximum atomic E-state index is 11.5. The van der Waals surface area contributed by atoms with E-state index in [-0.39, 0.29) is 24.6 Å². The minimum Gasteiger partial charge on any atom is -0.396 e. The number of nitro groups is 1. The number of nitrogens with one attached hydrogen (secondary N) is 1. The van der Waals surface area contributed by atoms with Crippen LogP contribution in [0.5, 0.6) is 0 Å². The number of aliphatic hydroxyl groups excluding tert-OH is 1. The third-order valence-corrected chi connectivity index (χ3v) is 2.42. The van der Waals surface area contributed by atoms with Crippen LogP contribution in [0.25, 0.3) is 0 Å². The summed E-state index contributed by atoms with van der Waals surface area (Å²) >= 11 is 0. The highest BCUT2D eigenvalue weighted by atomic mass is 16.6. The van der Waals surface area contributed by atoms with Crippen molar-refractivity contribution in [3.05, 3.63) is 39.9 Å². The number of amides is 1. The van der Waals surface area contributed by atoms with Crippen molar-refractivity contribution in [2.24, 2.45) is 0 Å². The average molecular weight is 252 g/mol. The standard InChI is InChI=1S/C12H16N2O4/c15-8-2-1-7-13-12(16)9-10-3-5-11(6-4-10)14(17)18/h3-6,15H,1-2,7-9H2,(H,13,16). The van der Waals surface area contributed by atoms with Crippen LogP contribution < -0.4 is 5.32 Å². The Balaban J connectivity index is 2.37. The molecule has 0 saturated carbocycles. The molecule has 0 aliphatic rings. The van der Waals surface area contributed by atoms with Gasteiger partial charge in [0, 0.05) is 25.3 Å². The molecule has 0 saturated heterocycles. The van der Waals surface area contributed by atoms with E-state index in [2.05, 4.69) is 5.32 Å². The summed E-state index contributed by atoms with van der Waals surface area (Å²) in [6.45, 7) is 0.657. The first-order chi connectivity index (χ1) is 8.63. The molecule has 0 spiro atoms. The zero-order valence-corrected chi connectivity index (χ0v) is 9.96. The SMILES string of the molecule is O=C(Cc1ccc([N+](=O)[O-])cc1)NCCCCO. The van der Waals surface area contributed by atoms with E-state index >= 15 is 0 Å². The van der Waals surface area contributed by atoms with E-state index in [0.717, 1.165) is 12.0 Å². The molecule has 98 valence electrons. The van der Waals surface area contributed by atoms with Crippen molar-refractivity contribution in [3.63, 3.8) is 0 Å². The zero-order chi connectivity index (χ0) is 13.4. The number of carbonyl (C=O) groups excluding carboxylic acids is 1. The van der Waals surface area contributed by atoms with Gasteiger partial charge in [0.2, 0.25) is 5.91 Å². The lowest BCUT2D eigenvalue weighted by molar-refractivity contribution is -0.384. The molecule has 0 heterocycles. The summed E-state index contributed by atoms with van der Waals surface area (Å²) in [5, 5.41) is 21.7. The van der Waals surface area contributed by atoms with Crippen molar-refractivity contribution in [3.8, 4) is 0 Å². The Hall–Kier alpha value is -1.95. The van der Waals surface area contributed by atoms with E-state index in [1.165, 1.54) is 12.1 Å². The predicted octanol–water partition coefficient (Wildman–Crippen LogP) is 1.03. The third kappa shape index (κ3) is 4.92. The second-order valence-electron chi connectivity index (χ2n) is 3.88. The van der Waals surface area contributed by atoms with E-state index < -0.39 is 4.92 Å². The number of non-ortho nitro benzene ring substituents is 1. The van der Waals surface area contributed by atoms with Gasteiger partial charge in [-0.25, -0.2) is 0 Å². The smallest absolute Gasteiger partial charge is 0.269 e. The summed E-state index contributed by atoms with van der Waals surface area (Å²) in [5.41, 5.74) is 0.752. The number of carbonyl (C=O) groups is 1. The molecule has 0 fully saturated rings. The number of unbranched alkanes of at least 4 members (excludes halogenated alkanes) is 1. The Labute approximate surface area is 105 Å². The molecule has 0 unspecified atom stereocenters. The molecule has 2 N–H and O–H groups in total. The summed E-state index contributed by atoms with van der Waals surface area (Å²) in [7, 11) is 0. The predicted molar refractivity (Wildman–Crippen MR) is 66.1 cm³/mol. The van der Waals surface area contributed by atoms with Gasteiger partial charge in [-0.2, -0.15) is 0 Å². The minimum atomic E-state index is -0.473. The van der Waals surface area contributed by atoms with Crippen LogP contribution in [0.2, 0.25) is 0 Å². The molecular formula is C12H16N2O4. The van der Waals surface area contributed by atoms with Crippen LogP contribution in [-0.4, -0.2) is 29.1 Å². The van der Waals surface area contributed by atoms with Crippen molar-refractivity contribution >= 4 is 11.6 Å². The average Bonchev–Trinajstić information content (AvgIpc) is 2.35. The van der Waals surface area contributed by atoms with Gasteiger partial charge >= 0.3 is 0 Å². The largest absolute Gasteiger partial charge is 0.396 e. The van der Waals surface area contributed by atoms with Crippen LogP contribution in [0.15, 0.2) is 24.3 Å². The van der Waals surface area contributed by atoms with Gasteiger partial charge in [-0.1, -0.05) is 12.1 Å². The molecule has 18 heavy (non-hydrogen) atoms. The lowest BCUT2D eigenvalue weighted by Crippen LogP contribution is -2.26. The molecule has 0 aromatic heterocycles. The lowest BCUT2D eigenvalue weighted by atomic mass is 10.1. The fraction of sp³-hybridized carbons (Fsp3) is 0.417. The van der Waals surface area contributed by atoms with Crippen LogP contribution in [0, 0.1) is 10.1 Å². The number of hydrogen-bond donors (Lipinski definition) is 2. The van der Waals surface area contributed by atoms with Crippen molar-refractivity contribution in [2.75, 3.05) is 13.2 Å². The summed E-state index contributed by atoms with van der Waals surface area (Å²) in [4.78, 5) is 21.5. The molecule has 0 bridgehead atoms. The van der Waals surface area contributed by atoms with Gasteiger partial charge in [0.1, 0.15) is 0 Å². The van der Waals surface area contributed by atoms with Crippen molar-refractivity contribution in [1.82, 2.24) is 5.32 Å². The number of benzene rings is 1.